The molecule has 0 amide bonds. The van der Waals surface area contributed by atoms with E-state index in [9.17, 15) is 0 Å². The van der Waals surface area contributed by atoms with Gasteiger partial charge in [0.05, 0.1) is 7.11 Å². The number of rotatable bonds is 4. The van der Waals surface area contributed by atoms with E-state index in [4.69, 9.17) is 10.5 Å². The average molecular weight is 220 g/mol. The molecular weight excluding hydrogens is 200 g/mol. The van der Waals surface area contributed by atoms with E-state index >= 15 is 0 Å². The molecule has 3 heteroatoms. The summed E-state index contributed by atoms with van der Waals surface area (Å²) in [7, 11) is 1.71. The first-order valence-corrected chi connectivity index (χ1v) is 5.88. The number of aromatic nitrogens is 1. The van der Waals surface area contributed by atoms with Gasteiger partial charge in [-0.15, -0.1) is 0 Å². The van der Waals surface area contributed by atoms with Crippen molar-refractivity contribution >= 4 is 0 Å². The van der Waals surface area contributed by atoms with E-state index < -0.39 is 0 Å². The molecule has 1 heterocycles. The Kier molecular flexibility index (Phi) is 3.15. The summed E-state index contributed by atoms with van der Waals surface area (Å²) < 4.78 is 5.39. The van der Waals surface area contributed by atoms with Gasteiger partial charge >= 0.3 is 0 Å². The van der Waals surface area contributed by atoms with Crippen LogP contribution in [0.1, 0.15) is 29.7 Å². The Balaban J connectivity index is 2.20. The number of aryl methyl sites for hydroxylation is 1. The Hall–Kier alpha value is -1.09. The second-order valence-electron chi connectivity index (χ2n) is 4.75. The Morgan fingerprint density at radius 2 is 2.19 bits per heavy atom. The van der Waals surface area contributed by atoms with Crippen LogP contribution in [0.3, 0.4) is 0 Å². The fourth-order valence-electron chi connectivity index (χ4n) is 2.19. The zero-order valence-corrected chi connectivity index (χ0v) is 10.3. The molecule has 1 fully saturated rings. The van der Waals surface area contributed by atoms with Gasteiger partial charge in [0.2, 0.25) is 0 Å². The van der Waals surface area contributed by atoms with Crippen LogP contribution in [0.25, 0.3) is 0 Å². The Labute approximate surface area is 97.0 Å². The second kappa shape index (κ2) is 4.42. The predicted molar refractivity (Wildman–Crippen MR) is 64.7 cm³/mol. The van der Waals surface area contributed by atoms with E-state index in [0.29, 0.717) is 5.92 Å². The third kappa shape index (κ3) is 2.19. The lowest BCUT2D eigenvalue weighted by molar-refractivity contribution is 0.406. The second-order valence-corrected chi connectivity index (χ2v) is 4.75. The Morgan fingerprint density at radius 3 is 2.75 bits per heavy atom. The van der Waals surface area contributed by atoms with Crippen molar-refractivity contribution in [2.75, 3.05) is 7.11 Å². The monoisotopic (exact) mass is 220 g/mol. The molecule has 1 unspecified atom stereocenters. The normalized spacial score (nSPS) is 17.2. The van der Waals surface area contributed by atoms with Crippen molar-refractivity contribution in [3.8, 4) is 5.75 Å². The third-order valence-corrected chi connectivity index (χ3v) is 3.41. The molecule has 1 aliphatic rings. The van der Waals surface area contributed by atoms with Crippen molar-refractivity contribution in [2.24, 2.45) is 11.7 Å². The molecule has 0 radical (unpaired) electrons. The van der Waals surface area contributed by atoms with Gasteiger partial charge in [0.15, 0.2) is 0 Å². The number of hydrogen-bond acceptors (Lipinski definition) is 3. The number of hydrogen-bond donors (Lipinski definition) is 1. The molecule has 0 bridgehead atoms. The van der Waals surface area contributed by atoms with Gasteiger partial charge in [0, 0.05) is 35.5 Å². The summed E-state index contributed by atoms with van der Waals surface area (Å²) >= 11 is 0. The number of methoxy groups -OCH3 is 1. The fourth-order valence-corrected chi connectivity index (χ4v) is 2.19. The lowest BCUT2D eigenvalue weighted by Crippen LogP contribution is -2.26. The molecule has 2 rings (SSSR count). The van der Waals surface area contributed by atoms with Crippen LogP contribution >= 0.6 is 0 Å². The van der Waals surface area contributed by atoms with Crippen molar-refractivity contribution in [1.82, 2.24) is 4.98 Å². The molecule has 0 saturated heterocycles. The molecule has 1 aromatic rings. The molecule has 2 N–H and O–H groups in total. The summed E-state index contributed by atoms with van der Waals surface area (Å²) in [5, 5.41) is 0. The molecule has 16 heavy (non-hydrogen) atoms. The van der Waals surface area contributed by atoms with Crippen LogP contribution in [-0.4, -0.2) is 18.1 Å². The summed E-state index contributed by atoms with van der Waals surface area (Å²) in [6.45, 7) is 4.08. The number of ether oxygens (including phenoxy) is 1. The first kappa shape index (κ1) is 11.4. The summed E-state index contributed by atoms with van der Waals surface area (Å²) in [6, 6.07) is 0.263. The zero-order chi connectivity index (χ0) is 11.7. The molecule has 1 saturated carbocycles. The van der Waals surface area contributed by atoms with Crippen LogP contribution in [0.2, 0.25) is 0 Å². The van der Waals surface area contributed by atoms with Gasteiger partial charge in [-0.3, -0.25) is 4.98 Å². The lowest BCUT2D eigenvalue weighted by Gasteiger charge is -2.15. The van der Waals surface area contributed by atoms with Gasteiger partial charge in [0.1, 0.15) is 5.75 Å². The molecule has 1 aromatic heterocycles. The Morgan fingerprint density at radius 1 is 1.50 bits per heavy atom. The molecular formula is C13H20N2O. The number of pyridine rings is 1. The maximum Gasteiger partial charge on any atom is 0.128 e. The molecule has 0 aliphatic heterocycles. The quantitative estimate of drug-likeness (QED) is 0.844. The average Bonchev–Trinajstić information content (AvgIpc) is 3.06. The van der Waals surface area contributed by atoms with Gasteiger partial charge in [-0.1, -0.05) is 0 Å². The van der Waals surface area contributed by atoms with E-state index in [1.54, 1.807) is 7.11 Å². The van der Waals surface area contributed by atoms with Crippen LogP contribution < -0.4 is 10.5 Å². The number of nitrogens with zero attached hydrogens (tertiary/aromatic N) is 1. The van der Waals surface area contributed by atoms with Crippen molar-refractivity contribution in [1.29, 1.82) is 0 Å². The van der Waals surface area contributed by atoms with Crippen LogP contribution in [-0.2, 0) is 6.42 Å². The highest BCUT2D eigenvalue weighted by molar-refractivity contribution is 5.41. The summed E-state index contributed by atoms with van der Waals surface area (Å²) in [6.07, 6.45) is 5.31. The summed E-state index contributed by atoms with van der Waals surface area (Å²) in [5.41, 5.74) is 9.44. The highest BCUT2D eigenvalue weighted by Crippen LogP contribution is 2.34. The van der Waals surface area contributed by atoms with E-state index in [-0.39, 0.29) is 6.04 Å². The molecule has 1 aliphatic carbocycles. The van der Waals surface area contributed by atoms with Crippen LogP contribution in [0.5, 0.6) is 5.75 Å². The third-order valence-electron chi connectivity index (χ3n) is 3.41. The summed E-state index contributed by atoms with van der Waals surface area (Å²) in [4.78, 5) is 4.48. The Bertz CT molecular complexity index is 386. The SMILES string of the molecule is COc1c(C)cnc(CC(N)C2CC2)c1C. The standard InChI is InChI=1S/C13H20N2O/c1-8-7-15-12(9(2)13(8)16-3)6-11(14)10-4-5-10/h7,10-11H,4-6,14H2,1-3H3. The molecule has 1 atom stereocenters. The van der Waals surface area contributed by atoms with E-state index in [1.165, 1.54) is 12.8 Å². The van der Waals surface area contributed by atoms with Crippen molar-refractivity contribution in [2.45, 2.75) is 39.2 Å². The molecule has 88 valence electrons. The minimum Gasteiger partial charge on any atom is -0.496 e. The van der Waals surface area contributed by atoms with Crippen molar-refractivity contribution in [3.05, 3.63) is 23.0 Å². The summed E-state index contributed by atoms with van der Waals surface area (Å²) in [5.74, 6) is 1.67. The van der Waals surface area contributed by atoms with Gasteiger partial charge in [0.25, 0.3) is 0 Å². The van der Waals surface area contributed by atoms with Gasteiger partial charge in [-0.05, 0) is 32.6 Å². The smallest absolute Gasteiger partial charge is 0.128 e. The van der Waals surface area contributed by atoms with Gasteiger partial charge in [-0.25, -0.2) is 0 Å². The highest BCUT2D eigenvalue weighted by atomic mass is 16.5. The fraction of sp³-hybridized carbons (Fsp3) is 0.615. The predicted octanol–water partition coefficient (Wildman–Crippen LogP) is 1.99. The van der Waals surface area contributed by atoms with Crippen LogP contribution in [0.4, 0.5) is 0 Å². The maximum atomic E-state index is 6.13. The van der Waals surface area contributed by atoms with E-state index in [0.717, 1.165) is 29.0 Å². The van der Waals surface area contributed by atoms with Crippen LogP contribution in [0.15, 0.2) is 6.20 Å². The minimum atomic E-state index is 0.263. The van der Waals surface area contributed by atoms with E-state index in [1.807, 2.05) is 13.1 Å². The number of nitrogens with two attached hydrogens (primary N) is 1. The topological polar surface area (TPSA) is 48.1 Å². The zero-order valence-electron chi connectivity index (χ0n) is 10.3. The maximum absolute atomic E-state index is 6.13. The largest absolute Gasteiger partial charge is 0.496 e. The highest BCUT2D eigenvalue weighted by Gasteiger charge is 2.29. The van der Waals surface area contributed by atoms with Gasteiger partial charge < -0.3 is 10.5 Å². The van der Waals surface area contributed by atoms with Crippen molar-refractivity contribution in [3.63, 3.8) is 0 Å². The molecule has 0 spiro atoms. The van der Waals surface area contributed by atoms with Crippen LogP contribution in [0, 0.1) is 19.8 Å². The molecule has 3 nitrogen and oxygen atoms in total. The van der Waals surface area contributed by atoms with Gasteiger partial charge in [-0.2, -0.15) is 0 Å². The van der Waals surface area contributed by atoms with Crippen molar-refractivity contribution < 1.29 is 4.74 Å². The van der Waals surface area contributed by atoms with E-state index in [2.05, 4.69) is 11.9 Å². The lowest BCUT2D eigenvalue weighted by atomic mass is 10.0. The first-order valence-electron chi connectivity index (χ1n) is 5.88. The first-order chi connectivity index (χ1) is 7.63. The minimum absolute atomic E-state index is 0.263. The molecule has 0 aromatic carbocycles.